The first-order chi connectivity index (χ1) is 8.88. The van der Waals surface area contributed by atoms with Gasteiger partial charge in [-0.2, -0.15) is 0 Å². The summed E-state index contributed by atoms with van der Waals surface area (Å²) in [6.45, 7) is 5.43. The van der Waals surface area contributed by atoms with Crippen LogP contribution in [0, 0.1) is 0 Å². The average Bonchev–Trinajstić information content (AvgIpc) is 2.32. The molecule has 6 heteroatoms. The van der Waals surface area contributed by atoms with Crippen molar-refractivity contribution in [3.05, 3.63) is 0 Å². The SMILES string of the molecule is CC1O[C@@H](C)CC(O[C@H]2CC(O)[C@H](O)C(C)O2)[C@@H]1O. The third kappa shape index (κ3) is 3.45. The van der Waals surface area contributed by atoms with E-state index >= 15 is 0 Å². The Balaban J connectivity index is 1.93. The van der Waals surface area contributed by atoms with Crippen LogP contribution in [0.4, 0.5) is 0 Å². The van der Waals surface area contributed by atoms with Crippen molar-refractivity contribution in [1.82, 2.24) is 0 Å². The molecule has 0 aliphatic carbocycles. The second kappa shape index (κ2) is 6.03. The summed E-state index contributed by atoms with van der Waals surface area (Å²) in [6.07, 6.45) is -3.41. The summed E-state index contributed by atoms with van der Waals surface area (Å²) in [5.41, 5.74) is 0. The van der Waals surface area contributed by atoms with Gasteiger partial charge in [-0.1, -0.05) is 0 Å². The summed E-state index contributed by atoms with van der Waals surface area (Å²) in [6, 6.07) is 0. The van der Waals surface area contributed by atoms with Gasteiger partial charge in [0.1, 0.15) is 12.2 Å². The number of aliphatic hydroxyl groups excluding tert-OH is 3. The van der Waals surface area contributed by atoms with Gasteiger partial charge in [0.2, 0.25) is 0 Å². The predicted molar refractivity (Wildman–Crippen MR) is 66.5 cm³/mol. The second-order valence-electron chi connectivity index (χ2n) is 5.62. The van der Waals surface area contributed by atoms with Gasteiger partial charge in [0.15, 0.2) is 6.29 Å². The molecule has 3 N–H and O–H groups in total. The Kier molecular flexibility index (Phi) is 4.81. The highest BCUT2D eigenvalue weighted by molar-refractivity contribution is 4.85. The molecule has 2 saturated heterocycles. The van der Waals surface area contributed by atoms with Crippen LogP contribution in [0.1, 0.15) is 33.6 Å². The van der Waals surface area contributed by atoms with Gasteiger partial charge in [-0.25, -0.2) is 0 Å². The van der Waals surface area contributed by atoms with Crippen LogP contribution in [0.15, 0.2) is 0 Å². The van der Waals surface area contributed by atoms with Crippen molar-refractivity contribution >= 4 is 0 Å². The Morgan fingerprint density at radius 2 is 1.53 bits per heavy atom. The van der Waals surface area contributed by atoms with Gasteiger partial charge < -0.3 is 29.5 Å². The second-order valence-corrected chi connectivity index (χ2v) is 5.62. The molecule has 2 aliphatic rings. The zero-order valence-corrected chi connectivity index (χ0v) is 11.6. The van der Waals surface area contributed by atoms with E-state index < -0.39 is 30.7 Å². The zero-order chi connectivity index (χ0) is 14.2. The average molecular weight is 276 g/mol. The maximum absolute atomic E-state index is 10.1. The Hall–Kier alpha value is -0.240. The largest absolute Gasteiger partial charge is 0.390 e. The molecule has 0 amide bonds. The minimum atomic E-state index is -0.891. The fraction of sp³-hybridized carbons (Fsp3) is 1.00. The van der Waals surface area contributed by atoms with Crippen molar-refractivity contribution in [2.75, 3.05) is 0 Å². The van der Waals surface area contributed by atoms with Gasteiger partial charge in [-0.3, -0.25) is 0 Å². The molecule has 6 nitrogen and oxygen atoms in total. The Bertz CT molecular complexity index is 287. The summed E-state index contributed by atoms with van der Waals surface area (Å²) in [5.74, 6) is 0. The quantitative estimate of drug-likeness (QED) is 0.646. The summed E-state index contributed by atoms with van der Waals surface area (Å²) in [7, 11) is 0. The molecule has 112 valence electrons. The first-order valence-corrected chi connectivity index (χ1v) is 6.89. The molecular weight excluding hydrogens is 252 g/mol. The normalized spacial score (nSPS) is 52.1. The monoisotopic (exact) mass is 276 g/mol. The minimum absolute atomic E-state index is 0.0138. The number of ether oxygens (including phenoxy) is 3. The molecule has 0 aromatic heterocycles. The number of hydrogen-bond acceptors (Lipinski definition) is 6. The van der Waals surface area contributed by atoms with Gasteiger partial charge >= 0.3 is 0 Å². The van der Waals surface area contributed by atoms with E-state index in [1.165, 1.54) is 0 Å². The van der Waals surface area contributed by atoms with Crippen LogP contribution < -0.4 is 0 Å². The molecule has 2 heterocycles. The molecule has 0 bridgehead atoms. The molecule has 0 saturated carbocycles. The lowest BCUT2D eigenvalue weighted by molar-refractivity contribution is -0.285. The van der Waals surface area contributed by atoms with Crippen molar-refractivity contribution in [2.45, 2.75) is 82.6 Å². The van der Waals surface area contributed by atoms with E-state index in [1.807, 2.05) is 6.92 Å². The lowest BCUT2D eigenvalue weighted by atomic mass is 9.98. The van der Waals surface area contributed by atoms with E-state index in [1.54, 1.807) is 13.8 Å². The third-order valence-electron chi connectivity index (χ3n) is 3.88. The molecule has 8 atom stereocenters. The first-order valence-electron chi connectivity index (χ1n) is 6.89. The molecule has 0 radical (unpaired) electrons. The van der Waals surface area contributed by atoms with Crippen molar-refractivity contribution in [1.29, 1.82) is 0 Å². The highest BCUT2D eigenvalue weighted by Crippen LogP contribution is 2.27. The smallest absolute Gasteiger partial charge is 0.161 e. The highest BCUT2D eigenvalue weighted by Gasteiger charge is 2.40. The summed E-state index contributed by atoms with van der Waals surface area (Å²) < 4.78 is 16.8. The summed E-state index contributed by atoms with van der Waals surface area (Å²) in [4.78, 5) is 0. The van der Waals surface area contributed by atoms with Crippen LogP contribution in [0.25, 0.3) is 0 Å². The van der Waals surface area contributed by atoms with E-state index in [4.69, 9.17) is 14.2 Å². The van der Waals surface area contributed by atoms with Crippen molar-refractivity contribution in [3.63, 3.8) is 0 Å². The number of hydrogen-bond donors (Lipinski definition) is 3. The minimum Gasteiger partial charge on any atom is -0.390 e. The van der Waals surface area contributed by atoms with Crippen LogP contribution in [0.2, 0.25) is 0 Å². The molecular formula is C13H24O6. The van der Waals surface area contributed by atoms with Gasteiger partial charge in [0.25, 0.3) is 0 Å². The molecule has 2 fully saturated rings. The molecule has 4 unspecified atom stereocenters. The van der Waals surface area contributed by atoms with Gasteiger partial charge in [-0.05, 0) is 20.8 Å². The zero-order valence-electron chi connectivity index (χ0n) is 11.6. The fourth-order valence-electron chi connectivity index (χ4n) is 2.71. The maximum Gasteiger partial charge on any atom is 0.161 e. The number of rotatable bonds is 2. The molecule has 0 aromatic carbocycles. The van der Waals surface area contributed by atoms with Gasteiger partial charge in [-0.15, -0.1) is 0 Å². The van der Waals surface area contributed by atoms with Crippen LogP contribution in [-0.2, 0) is 14.2 Å². The standard InChI is InChI=1S/C13H24O6/c1-6-4-10(13(16)8(3)17-6)19-11-5-9(14)12(15)7(2)18-11/h6-16H,4-5H2,1-3H3/t6-,7?,8?,9?,10?,11-,12+,13+/m0/s1. The van der Waals surface area contributed by atoms with Crippen molar-refractivity contribution in [3.8, 4) is 0 Å². The Labute approximate surface area is 113 Å². The summed E-state index contributed by atoms with van der Waals surface area (Å²) in [5, 5.41) is 29.4. The van der Waals surface area contributed by atoms with Crippen LogP contribution in [0.3, 0.4) is 0 Å². The molecule has 0 aromatic rings. The van der Waals surface area contributed by atoms with Crippen LogP contribution in [-0.4, -0.2) is 64.3 Å². The molecule has 2 rings (SSSR count). The molecule has 2 aliphatic heterocycles. The van der Waals surface area contributed by atoms with E-state index in [0.29, 0.717) is 6.42 Å². The highest BCUT2D eigenvalue weighted by atomic mass is 16.7. The van der Waals surface area contributed by atoms with Crippen molar-refractivity contribution in [2.24, 2.45) is 0 Å². The Morgan fingerprint density at radius 1 is 0.895 bits per heavy atom. The van der Waals surface area contributed by atoms with Crippen LogP contribution in [0.5, 0.6) is 0 Å². The summed E-state index contributed by atoms with van der Waals surface area (Å²) >= 11 is 0. The Morgan fingerprint density at radius 3 is 2.16 bits per heavy atom. The van der Waals surface area contributed by atoms with Crippen molar-refractivity contribution < 1.29 is 29.5 Å². The topological polar surface area (TPSA) is 88.4 Å². The third-order valence-corrected chi connectivity index (χ3v) is 3.88. The van der Waals surface area contributed by atoms with Gasteiger partial charge in [0.05, 0.1) is 30.5 Å². The van der Waals surface area contributed by atoms with E-state index in [2.05, 4.69) is 0 Å². The van der Waals surface area contributed by atoms with E-state index in [9.17, 15) is 15.3 Å². The van der Waals surface area contributed by atoms with E-state index in [0.717, 1.165) is 0 Å². The lowest BCUT2D eigenvalue weighted by Crippen LogP contribution is -2.52. The molecule has 19 heavy (non-hydrogen) atoms. The first kappa shape index (κ1) is 15.2. The fourth-order valence-corrected chi connectivity index (χ4v) is 2.71. The molecule has 0 spiro atoms. The predicted octanol–water partition coefficient (Wildman–Crippen LogP) is -0.214. The van der Waals surface area contributed by atoms with Crippen LogP contribution >= 0.6 is 0 Å². The lowest BCUT2D eigenvalue weighted by Gasteiger charge is -2.41. The van der Waals surface area contributed by atoms with E-state index in [-0.39, 0.29) is 24.7 Å². The van der Waals surface area contributed by atoms with Gasteiger partial charge in [0, 0.05) is 12.8 Å². The number of aliphatic hydroxyl groups is 3. The maximum atomic E-state index is 10.1.